The van der Waals surface area contributed by atoms with Crippen molar-refractivity contribution >= 4 is 27.3 Å². The fourth-order valence-corrected chi connectivity index (χ4v) is 5.56. The van der Waals surface area contributed by atoms with Crippen molar-refractivity contribution in [2.75, 3.05) is 13.1 Å². The molecule has 5 nitrogen and oxygen atoms in total. The van der Waals surface area contributed by atoms with E-state index in [4.69, 9.17) is 0 Å². The summed E-state index contributed by atoms with van der Waals surface area (Å²) in [6, 6.07) is 10.8. The molecule has 1 aromatic carbocycles. The first-order chi connectivity index (χ1) is 12.6. The second-order valence-corrected chi connectivity index (χ2v) is 9.85. The molecule has 26 heavy (non-hydrogen) atoms. The van der Waals surface area contributed by atoms with Crippen LogP contribution in [0.5, 0.6) is 0 Å². The third-order valence-electron chi connectivity index (χ3n) is 4.96. The first kappa shape index (κ1) is 17.7. The number of amides is 1. The van der Waals surface area contributed by atoms with Crippen LogP contribution in [0.4, 0.5) is 0 Å². The summed E-state index contributed by atoms with van der Waals surface area (Å²) >= 11 is 1.65. The number of rotatable bonds is 6. The van der Waals surface area contributed by atoms with Gasteiger partial charge in [0, 0.05) is 29.6 Å². The van der Waals surface area contributed by atoms with Crippen LogP contribution in [-0.2, 0) is 16.6 Å². The Kier molecular flexibility index (Phi) is 4.86. The molecule has 0 N–H and O–H groups in total. The Hall–Kier alpha value is -1.70. The molecule has 0 radical (unpaired) electrons. The van der Waals surface area contributed by atoms with Gasteiger partial charge in [-0.05, 0) is 61.4 Å². The molecule has 0 spiro atoms. The van der Waals surface area contributed by atoms with Crippen LogP contribution in [-0.4, -0.2) is 42.7 Å². The highest BCUT2D eigenvalue weighted by molar-refractivity contribution is 7.89. The standard InChI is InChI=1S/C19H22N2O3S2/c22-19(21(16-7-8-16)14-17-4-3-13-25-17)15-5-9-18(10-6-15)26(23,24)20-11-1-2-12-20/h3-6,9-10,13,16H,1-2,7-8,11-12,14H2. The number of carbonyl (C=O) groups is 1. The minimum atomic E-state index is -3.44. The van der Waals surface area contributed by atoms with Gasteiger partial charge in [-0.1, -0.05) is 6.07 Å². The molecule has 0 atom stereocenters. The summed E-state index contributed by atoms with van der Waals surface area (Å²) in [4.78, 5) is 16.3. The van der Waals surface area contributed by atoms with E-state index in [1.165, 1.54) is 9.18 Å². The summed E-state index contributed by atoms with van der Waals surface area (Å²) in [6.45, 7) is 1.79. The van der Waals surface area contributed by atoms with Gasteiger partial charge in [0.05, 0.1) is 11.4 Å². The predicted octanol–water partition coefficient (Wildman–Crippen LogP) is 3.34. The van der Waals surface area contributed by atoms with E-state index < -0.39 is 10.0 Å². The van der Waals surface area contributed by atoms with Crippen molar-refractivity contribution in [3.63, 3.8) is 0 Å². The van der Waals surface area contributed by atoms with Crippen LogP contribution in [0.1, 0.15) is 40.9 Å². The number of nitrogens with zero attached hydrogens (tertiary/aromatic N) is 2. The van der Waals surface area contributed by atoms with Gasteiger partial charge in [-0.3, -0.25) is 4.79 Å². The van der Waals surface area contributed by atoms with Crippen LogP contribution in [0.25, 0.3) is 0 Å². The van der Waals surface area contributed by atoms with E-state index >= 15 is 0 Å². The van der Waals surface area contributed by atoms with E-state index in [0.29, 0.717) is 31.2 Å². The minimum absolute atomic E-state index is 0.0222. The topological polar surface area (TPSA) is 57.7 Å². The number of sulfonamides is 1. The van der Waals surface area contributed by atoms with E-state index in [0.717, 1.165) is 25.7 Å². The molecule has 1 aliphatic heterocycles. The van der Waals surface area contributed by atoms with Gasteiger partial charge in [0.2, 0.25) is 10.0 Å². The molecular weight excluding hydrogens is 368 g/mol. The van der Waals surface area contributed by atoms with Crippen molar-refractivity contribution in [2.45, 2.75) is 43.2 Å². The predicted molar refractivity (Wildman–Crippen MR) is 102 cm³/mol. The van der Waals surface area contributed by atoms with Crippen LogP contribution >= 0.6 is 11.3 Å². The molecule has 1 saturated carbocycles. The largest absolute Gasteiger partial charge is 0.331 e. The SMILES string of the molecule is O=C(c1ccc(S(=O)(=O)N2CCCC2)cc1)N(Cc1cccs1)C1CC1. The van der Waals surface area contributed by atoms with Gasteiger partial charge in [0.1, 0.15) is 0 Å². The third kappa shape index (κ3) is 3.56. The Morgan fingerprint density at radius 1 is 1.12 bits per heavy atom. The van der Waals surface area contributed by atoms with E-state index in [2.05, 4.69) is 0 Å². The van der Waals surface area contributed by atoms with Crippen molar-refractivity contribution < 1.29 is 13.2 Å². The minimum Gasteiger partial charge on any atom is -0.331 e. The molecular formula is C19H22N2O3S2. The van der Waals surface area contributed by atoms with Crippen molar-refractivity contribution in [3.8, 4) is 0 Å². The number of thiophene rings is 1. The highest BCUT2D eigenvalue weighted by atomic mass is 32.2. The van der Waals surface area contributed by atoms with Crippen molar-refractivity contribution in [2.24, 2.45) is 0 Å². The molecule has 0 unspecified atom stereocenters. The van der Waals surface area contributed by atoms with Gasteiger partial charge in [-0.2, -0.15) is 4.31 Å². The Morgan fingerprint density at radius 2 is 1.81 bits per heavy atom. The Labute approximate surface area is 158 Å². The number of hydrogen-bond donors (Lipinski definition) is 0. The maximum Gasteiger partial charge on any atom is 0.254 e. The van der Waals surface area contributed by atoms with Crippen LogP contribution in [0, 0.1) is 0 Å². The first-order valence-corrected chi connectivity index (χ1v) is 11.3. The monoisotopic (exact) mass is 390 g/mol. The Morgan fingerprint density at radius 3 is 2.38 bits per heavy atom. The average Bonchev–Trinajstić information content (AvgIpc) is 3.13. The maximum absolute atomic E-state index is 12.9. The fraction of sp³-hybridized carbons (Fsp3) is 0.421. The molecule has 2 fully saturated rings. The number of carbonyl (C=O) groups excluding carboxylic acids is 1. The Bertz CT molecular complexity index is 866. The molecule has 1 aromatic heterocycles. The van der Waals surface area contributed by atoms with Gasteiger partial charge in [-0.15, -0.1) is 11.3 Å². The van der Waals surface area contributed by atoms with Crippen molar-refractivity contribution in [1.82, 2.24) is 9.21 Å². The van der Waals surface area contributed by atoms with E-state index in [1.54, 1.807) is 35.6 Å². The van der Waals surface area contributed by atoms with Crippen molar-refractivity contribution in [3.05, 3.63) is 52.2 Å². The van der Waals surface area contributed by atoms with Gasteiger partial charge < -0.3 is 4.90 Å². The molecule has 4 rings (SSSR count). The summed E-state index contributed by atoms with van der Waals surface area (Å²) in [5.41, 5.74) is 0.550. The molecule has 7 heteroatoms. The van der Waals surface area contributed by atoms with E-state index in [1.807, 2.05) is 22.4 Å². The molecule has 2 aliphatic rings. The highest BCUT2D eigenvalue weighted by Crippen LogP contribution is 2.31. The zero-order valence-electron chi connectivity index (χ0n) is 14.5. The summed E-state index contributed by atoms with van der Waals surface area (Å²) in [6.07, 6.45) is 3.90. The molecule has 2 heterocycles. The summed E-state index contributed by atoms with van der Waals surface area (Å²) in [5.74, 6) is -0.0222. The number of benzene rings is 1. The molecule has 1 saturated heterocycles. The summed E-state index contributed by atoms with van der Waals surface area (Å²) < 4.78 is 26.7. The zero-order chi connectivity index (χ0) is 18.1. The highest BCUT2D eigenvalue weighted by Gasteiger charge is 2.33. The smallest absolute Gasteiger partial charge is 0.254 e. The molecule has 1 aliphatic carbocycles. The van der Waals surface area contributed by atoms with Gasteiger partial charge in [-0.25, -0.2) is 8.42 Å². The van der Waals surface area contributed by atoms with Crippen LogP contribution < -0.4 is 0 Å². The lowest BCUT2D eigenvalue weighted by atomic mass is 10.2. The second kappa shape index (κ2) is 7.13. The average molecular weight is 391 g/mol. The lowest BCUT2D eigenvalue weighted by molar-refractivity contribution is 0.0731. The molecule has 1 amide bonds. The lowest BCUT2D eigenvalue weighted by Gasteiger charge is -2.22. The zero-order valence-corrected chi connectivity index (χ0v) is 16.1. The summed E-state index contributed by atoms with van der Waals surface area (Å²) in [5, 5.41) is 2.02. The van der Waals surface area contributed by atoms with Gasteiger partial charge in [0.25, 0.3) is 5.91 Å². The lowest BCUT2D eigenvalue weighted by Crippen LogP contribution is -2.32. The molecule has 0 bridgehead atoms. The second-order valence-electron chi connectivity index (χ2n) is 6.88. The van der Waals surface area contributed by atoms with Crippen LogP contribution in [0.15, 0.2) is 46.7 Å². The van der Waals surface area contributed by atoms with Gasteiger partial charge in [0.15, 0.2) is 0 Å². The molecule has 2 aromatic rings. The van der Waals surface area contributed by atoms with Crippen molar-refractivity contribution in [1.29, 1.82) is 0 Å². The van der Waals surface area contributed by atoms with E-state index in [-0.39, 0.29) is 10.8 Å². The third-order valence-corrected chi connectivity index (χ3v) is 7.73. The summed E-state index contributed by atoms with van der Waals surface area (Å²) in [7, 11) is -3.44. The molecule has 138 valence electrons. The van der Waals surface area contributed by atoms with Crippen LogP contribution in [0.3, 0.4) is 0 Å². The first-order valence-electron chi connectivity index (χ1n) is 8.99. The van der Waals surface area contributed by atoms with Gasteiger partial charge >= 0.3 is 0 Å². The van der Waals surface area contributed by atoms with Crippen LogP contribution in [0.2, 0.25) is 0 Å². The maximum atomic E-state index is 12.9. The normalized spacial score (nSPS) is 18.2. The number of hydrogen-bond acceptors (Lipinski definition) is 4. The fourth-order valence-electron chi connectivity index (χ4n) is 3.34. The Balaban J connectivity index is 1.52. The van der Waals surface area contributed by atoms with E-state index in [9.17, 15) is 13.2 Å². The quantitative estimate of drug-likeness (QED) is 0.760.